The molecule has 0 spiro atoms. The molecule has 29 heavy (non-hydrogen) atoms. The van der Waals surface area contributed by atoms with Crippen molar-refractivity contribution in [2.45, 2.75) is 77.4 Å². The van der Waals surface area contributed by atoms with Crippen molar-refractivity contribution in [1.82, 2.24) is 0 Å². The van der Waals surface area contributed by atoms with Crippen LogP contribution in [-0.2, 0) is 19.1 Å². The van der Waals surface area contributed by atoms with Crippen molar-refractivity contribution in [3.05, 3.63) is 11.6 Å². The van der Waals surface area contributed by atoms with Crippen molar-refractivity contribution in [2.24, 2.45) is 28.6 Å². The predicted octanol–water partition coefficient (Wildman–Crippen LogP) is 2.35. The van der Waals surface area contributed by atoms with E-state index >= 15 is 0 Å². The van der Waals surface area contributed by atoms with Crippen LogP contribution in [0, 0.1) is 28.6 Å². The molecule has 7 atom stereocenters. The zero-order valence-corrected chi connectivity index (χ0v) is 17.6. The molecule has 0 radical (unpaired) electrons. The molecule has 0 heterocycles. The second kappa shape index (κ2) is 6.74. The molecule has 6 nitrogen and oxygen atoms in total. The van der Waals surface area contributed by atoms with E-state index in [4.69, 9.17) is 4.74 Å². The molecular weight excluding hydrogens is 372 g/mol. The Bertz CT molecular complexity index is 786. The summed E-state index contributed by atoms with van der Waals surface area (Å²) in [5.41, 5.74) is -1.36. The van der Waals surface area contributed by atoms with Crippen LogP contribution in [0.25, 0.3) is 0 Å². The first-order valence-corrected chi connectivity index (χ1v) is 10.8. The molecule has 0 aromatic carbocycles. The van der Waals surface area contributed by atoms with Gasteiger partial charge in [0.25, 0.3) is 0 Å². The second-order valence-electron chi connectivity index (χ2n) is 10.2. The highest BCUT2D eigenvalue weighted by molar-refractivity contribution is 5.92. The number of allylic oxidation sites excluding steroid dienone is 1. The van der Waals surface area contributed by atoms with E-state index < -0.39 is 35.5 Å². The van der Waals surface area contributed by atoms with Crippen molar-refractivity contribution in [3.8, 4) is 0 Å². The number of carbonyl (C=O) groups excluding carboxylic acids is 3. The molecule has 2 N–H and O–H groups in total. The maximum atomic E-state index is 12.9. The Labute approximate surface area is 171 Å². The average molecular weight is 405 g/mol. The number of ether oxygens (including phenoxy) is 1. The van der Waals surface area contributed by atoms with Gasteiger partial charge < -0.3 is 14.9 Å². The number of ketones is 2. The van der Waals surface area contributed by atoms with Crippen LogP contribution < -0.4 is 0 Å². The number of fused-ring (bicyclic) bond motifs is 5. The van der Waals surface area contributed by atoms with Crippen LogP contribution in [0.3, 0.4) is 0 Å². The Morgan fingerprint density at radius 1 is 1.21 bits per heavy atom. The summed E-state index contributed by atoms with van der Waals surface area (Å²) in [6.45, 7) is 4.92. The summed E-state index contributed by atoms with van der Waals surface area (Å²) < 4.78 is 4.89. The third-order valence-electron chi connectivity index (χ3n) is 8.92. The van der Waals surface area contributed by atoms with Gasteiger partial charge in [-0.1, -0.05) is 19.4 Å². The average Bonchev–Trinajstić information content (AvgIpc) is 2.91. The van der Waals surface area contributed by atoms with Crippen LogP contribution in [0.5, 0.6) is 0 Å². The number of aliphatic hydroxyl groups excluding tert-OH is 1. The topological polar surface area (TPSA) is 101 Å². The lowest BCUT2D eigenvalue weighted by Crippen LogP contribution is -2.62. The number of hydrogen-bond acceptors (Lipinski definition) is 6. The molecule has 4 aliphatic rings. The van der Waals surface area contributed by atoms with Crippen LogP contribution in [0.4, 0.5) is 0 Å². The van der Waals surface area contributed by atoms with Crippen molar-refractivity contribution < 1.29 is 29.3 Å². The van der Waals surface area contributed by atoms with E-state index in [2.05, 4.69) is 6.92 Å². The number of rotatable bonds is 3. The van der Waals surface area contributed by atoms with Gasteiger partial charge in [-0.05, 0) is 67.8 Å². The maximum absolute atomic E-state index is 12.9. The van der Waals surface area contributed by atoms with Crippen molar-refractivity contribution >= 4 is 17.5 Å². The summed E-state index contributed by atoms with van der Waals surface area (Å²) in [5, 5.41) is 22.8. The number of esters is 1. The van der Waals surface area contributed by atoms with Crippen LogP contribution in [-0.4, -0.2) is 46.1 Å². The van der Waals surface area contributed by atoms with E-state index in [1.165, 1.54) is 6.92 Å². The highest BCUT2D eigenvalue weighted by Gasteiger charge is 2.68. The van der Waals surface area contributed by atoms with Crippen LogP contribution in [0.15, 0.2) is 11.6 Å². The lowest BCUT2D eigenvalue weighted by atomic mass is 9.45. The number of carbonyl (C=O) groups is 3. The quantitative estimate of drug-likeness (QED) is 0.701. The first-order chi connectivity index (χ1) is 13.5. The minimum Gasteiger partial charge on any atom is -0.458 e. The van der Waals surface area contributed by atoms with E-state index in [0.717, 1.165) is 31.3 Å². The largest absolute Gasteiger partial charge is 0.458 e. The second-order valence-corrected chi connectivity index (χ2v) is 10.2. The van der Waals surface area contributed by atoms with Crippen LogP contribution >= 0.6 is 0 Å². The molecule has 0 saturated heterocycles. The van der Waals surface area contributed by atoms with Gasteiger partial charge >= 0.3 is 5.97 Å². The molecular formula is C23H32O6. The number of Topliss-reactive ketones (excluding diaryl/α,β-unsaturated/α-hetero) is 1. The fraction of sp³-hybridized carbons (Fsp3) is 0.783. The smallest absolute Gasteiger partial charge is 0.303 e. The third-order valence-corrected chi connectivity index (χ3v) is 8.92. The Morgan fingerprint density at radius 2 is 1.93 bits per heavy atom. The molecule has 0 amide bonds. The molecule has 4 aliphatic carbocycles. The summed E-state index contributed by atoms with van der Waals surface area (Å²) in [4.78, 5) is 36.0. The minimum absolute atomic E-state index is 0.0413. The molecule has 3 saturated carbocycles. The molecule has 0 aromatic rings. The van der Waals surface area contributed by atoms with Gasteiger partial charge in [-0.25, -0.2) is 0 Å². The van der Waals surface area contributed by atoms with Gasteiger partial charge in [-0.3, -0.25) is 14.4 Å². The predicted molar refractivity (Wildman–Crippen MR) is 105 cm³/mol. The van der Waals surface area contributed by atoms with Crippen LogP contribution in [0.1, 0.15) is 65.7 Å². The van der Waals surface area contributed by atoms with Gasteiger partial charge in [-0.2, -0.15) is 0 Å². The highest BCUT2D eigenvalue weighted by atomic mass is 16.5. The fourth-order valence-corrected chi connectivity index (χ4v) is 7.44. The lowest BCUT2D eigenvalue weighted by molar-refractivity contribution is -0.184. The number of hydrogen-bond donors (Lipinski definition) is 2. The maximum Gasteiger partial charge on any atom is 0.303 e. The van der Waals surface area contributed by atoms with E-state index in [1.807, 2.05) is 6.92 Å². The Hall–Kier alpha value is -1.53. The number of aliphatic hydroxyl groups is 2. The molecule has 3 fully saturated rings. The first kappa shape index (κ1) is 20.7. The summed E-state index contributed by atoms with van der Waals surface area (Å²) in [6.07, 6.45) is 5.54. The summed E-state index contributed by atoms with van der Waals surface area (Å²) >= 11 is 0. The molecule has 160 valence electrons. The van der Waals surface area contributed by atoms with Crippen molar-refractivity contribution in [3.63, 3.8) is 0 Å². The zero-order valence-electron chi connectivity index (χ0n) is 17.6. The lowest BCUT2D eigenvalue weighted by Gasteiger charge is -2.60. The Kier molecular flexibility index (Phi) is 4.82. The fourth-order valence-electron chi connectivity index (χ4n) is 7.44. The highest BCUT2D eigenvalue weighted by Crippen LogP contribution is 2.67. The monoisotopic (exact) mass is 404 g/mol. The van der Waals surface area contributed by atoms with Gasteiger partial charge in [0.05, 0.1) is 6.10 Å². The molecule has 0 aliphatic heterocycles. The van der Waals surface area contributed by atoms with Gasteiger partial charge in [-0.15, -0.1) is 0 Å². The molecule has 6 heteroatoms. The van der Waals surface area contributed by atoms with E-state index in [0.29, 0.717) is 19.3 Å². The molecule has 0 bridgehead atoms. The standard InChI is InChI=1S/C23H32O6/c1-13(24)29-12-19(27)23(28)9-7-17-16-5-4-14-10-15(25)6-8-21(14,2)20(16)18(26)11-22(17,23)3/h10,16-18,20,26,28H,4-9,11-12H2,1-3H3/t16-,17-,18-,20?,21-,22-,23-/m0/s1. The molecule has 1 unspecified atom stereocenters. The van der Waals surface area contributed by atoms with Crippen LogP contribution in [0.2, 0.25) is 0 Å². The molecule has 0 aromatic heterocycles. The van der Waals surface area contributed by atoms with E-state index in [9.17, 15) is 24.6 Å². The summed E-state index contributed by atoms with van der Waals surface area (Å²) in [7, 11) is 0. The summed E-state index contributed by atoms with van der Waals surface area (Å²) in [5.74, 6) is -0.462. The van der Waals surface area contributed by atoms with Gasteiger partial charge in [0.1, 0.15) is 5.60 Å². The summed E-state index contributed by atoms with van der Waals surface area (Å²) in [6, 6.07) is 0. The first-order valence-electron chi connectivity index (χ1n) is 10.8. The van der Waals surface area contributed by atoms with E-state index in [1.54, 1.807) is 6.08 Å². The van der Waals surface area contributed by atoms with Crippen molar-refractivity contribution in [2.75, 3.05) is 6.61 Å². The Morgan fingerprint density at radius 3 is 2.62 bits per heavy atom. The Balaban J connectivity index is 1.65. The van der Waals surface area contributed by atoms with Gasteiger partial charge in [0, 0.05) is 18.8 Å². The normalized spacial score (nSPS) is 46.2. The van der Waals surface area contributed by atoms with E-state index in [-0.39, 0.29) is 29.0 Å². The minimum atomic E-state index is -1.58. The SMILES string of the molecule is CC(=O)OCC(=O)[C@@]1(O)CC[C@H]2[C@@H]3CCC4=CC(=O)CC[C@]4(C)C3[C@@H](O)C[C@@]21C. The third kappa shape index (κ3) is 2.86. The molecule has 4 rings (SSSR count). The van der Waals surface area contributed by atoms with Gasteiger partial charge in [0.15, 0.2) is 12.4 Å². The van der Waals surface area contributed by atoms with Crippen molar-refractivity contribution in [1.29, 1.82) is 0 Å². The van der Waals surface area contributed by atoms with Gasteiger partial charge in [0.2, 0.25) is 5.78 Å². The zero-order chi connectivity index (χ0) is 21.2.